The standard InChI is InChI=1S/C23H32OSi/c1-6-20(2)14-13-19-24-25(23(3,4)5,21-15-9-7-10-16-21)22-17-11-8-12-18-22/h7-18,20H,6,19H2,1-5H3/b14-13+/t20-/m1/s1. The predicted molar refractivity (Wildman–Crippen MR) is 112 cm³/mol. The topological polar surface area (TPSA) is 9.23 Å². The summed E-state index contributed by atoms with van der Waals surface area (Å²) in [6.07, 6.45) is 5.64. The molecular formula is C23H32OSi. The second kappa shape index (κ2) is 8.64. The minimum atomic E-state index is -2.38. The van der Waals surface area contributed by atoms with E-state index in [0.29, 0.717) is 12.5 Å². The lowest BCUT2D eigenvalue weighted by molar-refractivity contribution is 0.338. The van der Waals surface area contributed by atoms with Crippen LogP contribution < -0.4 is 10.4 Å². The van der Waals surface area contributed by atoms with E-state index < -0.39 is 8.32 Å². The molecule has 0 heterocycles. The molecule has 2 heteroatoms. The Balaban J connectivity index is 2.48. The molecule has 134 valence electrons. The van der Waals surface area contributed by atoms with Crippen LogP contribution in [0.1, 0.15) is 41.0 Å². The molecule has 0 saturated carbocycles. The fourth-order valence-electron chi connectivity index (χ4n) is 3.36. The van der Waals surface area contributed by atoms with Crippen LogP contribution in [0, 0.1) is 5.92 Å². The van der Waals surface area contributed by atoms with Crippen LogP contribution in [0.4, 0.5) is 0 Å². The highest BCUT2D eigenvalue weighted by Gasteiger charge is 2.49. The van der Waals surface area contributed by atoms with Crippen molar-refractivity contribution < 1.29 is 4.43 Å². The third-order valence-corrected chi connectivity index (χ3v) is 9.93. The molecule has 1 nitrogen and oxygen atoms in total. The molecule has 2 rings (SSSR count). The zero-order valence-electron chi connectivity index (χ0n) is 16.3. The first-order valence-electron chi connectivity index (χ1n) is 9.33. The summed E-state index contributed by atoms with van der Waals surface area (Å²) in [6, 6.07) is 21.6. The quantitative estimate of drug-likeness (QED) is 0.494. The van der Waals surface area contributed by atoms with Gasteiger partial charge in [0.05, 0.1) is 6.61 Å². The minimum Gasteiger partial charge on any atom is -0.404 e. The van der Waals surface area contributed by atoms with Gasteiger partial charge in [-0.25, -0.2) is 0 Å². The van der Waals surface area contributed by atoms with E-state index in [1.54, 1.807) is 0 Å². The van der Waals surface area contributed by atoms with E-state index in [1.807, 2.05) is 0 Å². The molecule has 0 aliphatic heterocycles. The van der Waals surface area contributed by atoms with Crippen molar-refractivity contribution in [1.82, 2.24) is 0 Å². The van der Waals surface area contributed by atoms with Crippen molar-refractivity contribution in [1.29, 1.82) is 0 Å². The minimum absolute atomic E-state index is 0.0416. The molecule has 0 radical (unpaired) electrons. The molecule has 0 fully saturated rings. The van der Waals surface area contributed by atoms with Gasteiger partial charge in [0.2, 0.25) is 0 Å². The maximum absolute atomic E-state index is 6.81. The Morgan fingerprint density at radius 2 is 1.40 bits per heavy atom. The summed E-state index contributed by atoms with van der Waals surface area (Å²) in [4.78, 5) is 0. The van der Waals surface area contributed by atoms with Crippen molar-refractivity contribution in [3.8, 4) is 0 Å². The van der Waals surface area contributed by atoms with Gasteiger partial charge in [0, 0.05) is 0 Å². The number of rotatable bonds is 7. The highest BCUT2D eigenvalue weighted by atomic mass is 28.4. The van der Waals surface area contributed by atoms with Gasteiger partial charge in [0.1, 0.15) is 0 Å². The first-order valence-corrected chi connectivity index (χ1v) is 11.2. The summed E-state index contributed by atoms with van der Waals surface area (Å²) in [6.45, 7) is 12.1. The monoisotopic (exact) mass is 352 g/mol. The number of hydrogen-bond donors (Lipinski definition) is 0. The Labute approximate surface area is 154 Å². The average Bonchev–Trinajstić information content (AvgIpc) is 2.62. The first kappa shape index (κ1) is 19.7. The molecule has 0 aliphatic rings. The lowest BCUT2D eigenvalue weighted by Crippen LogP contribution is -2.66. The van der Waals surface area contributed by atoms with Gasteiger partial charge >= 0.3 is 0 Å². The van der Waals surface area contributed by atoms with Crippen LogP contribution in [0.2, 0.25) is 5.04 Å². The van der Waals surface area contributed by atoms with Gasteiger partial charge in [0.25, 0.3) is 8.32 Å². The summed E-state index contributed by atoms with van der Waals surface area (Å²) in [5, 5.41) is 2.72. The molecular weight excluding hydrogens is 320 g/mol. The first-order chi connectivity index (χ1) is 11.9. The predicted octanol–water partition coefficient (Wildman–Crippen LogP) is 5.17. The molecule has 0 N–H and O–H groups in total. The van der Waals surface area contributed by atoms with E-state index in [4.69, 9.17) is 4.43 Å². The molecule has 0 amide bonds. The fraction of sp³-hybridized carbons (Fsp3) is 0.391. The molecule has 2 aromatic carbocycles. The Bertz CT molecular complexity index is 616. The average molecular weight is 353 g/mol. The molecule has 0 aromatic heterocycles. The highest BCUT2D eigenvalue weighted by molar-refractivity contribution is 6.99. The van der Waals surface area contributed by atoms with Gasteiger partial charge in [-0.05, 0) is 21.3 Å². The van der Waals surface area contributed by atoms with Gasteiger partial charge in [-0.1, -0.05) is 114 Å². The van der Waals surface area contributed by atoms with E-state index in [0.717, 1.165) is 6.42 Å². The van der Waals surface area contributed by atoms with Gasteiger partial charge in [-0.15, -0.1) is 0 Å². The normalized spacial score (nSPS) is 14.0. The summed E-state index contributed by atoms with van der Waals surface area (Å²) in [7, 11) is -2.38. The van der Waals surface area contributed by atoms with Gasteiger partial charge < -0.3 is 4.43 Å². The van der Waals surface area contributed by atoms with E-state index >= 15 is 0 Å². The van der Waals surface area contributed by atoms with Crippen molar-refractivity contribution in [3.63, 3.8) is 0 Å². The van der Waals surface area contributed by atoms with E-state index in [1.165, 1.54) is 10.4 Å². The van der Waals surface area contributed by atoms with Crippen LogP contribution in [0.5, 0.6) is 0 Å². The number of benzene rings is 2. The fourth-order valence-corrected chi connectivity index (χ4v) is 7.86. The lowest BCUT2D eigenvalue weighted by atomic mass is 10.1. The van der Waals surface area contributed by atoms with Crippen LogP contribution in [-0.4, -0.2) is 14.9 Å². The summed E-state index contributed by atoms with van der Waals surface area (Å²) in [5.41, 5.74) is 0. The zero-order valence-corrected chi connectivity index (χ0v) is 17.3. The van der Waals surface area contributed by atoms with Gasteiger partial charge in [-0.3, -0.25) is 0 Å². The summed E-state index contributed by atoms with van der Waals surface area (Å²) < 4.78 is 6.81. The molecule has 0 spiro atoms. The molecule has 0 unspecified atom stereocenters. The van der Waals surface area contributed by atoms with Crippen LogP contribution in [-0.2, 0) is 4.43 Å². The molecule has 0 aliphatic carbocycles. The maximum atomic E-state index is 6.81. The smallest absolute Gasteiger partial charge is 0.261 e. The summed E-state index contributed by atoms with van der Waals surface area (Å²) >= 11 is 0. The zero-order chi connectivity index (χ0) is 18.3. The third-order valence-electron chi connectivity index (χ3n) is 4.92. The molecule has 0 bridgehead atoms. The summed E-state index contributed by atoms with van der Waals surface area (Å²) in [5.74, 6) is 0.600. The molecule has 25 heavy (non-hydrogen) atoms. The molecule has 1 atom stereocenters. The Kier molecular flexibility index (Phi) is 6.80. The van der Waals surface area contributed by atoms with Crippen molar-refractivity contribution in [2.24, 2.45) is 5.92 Å². The highest BCUT2D eigenvalue weighted by Crippen LogP contribution is 2.36. The molecule has 0 saturated heterocycles. The largest absolute Gasteiger partial charge is 0.404 e. The Morgan fingerprint density at radius 3 is 1.80 bits per heavy atom. The van der Waals surface area contributed by atoms with Crippen LogP contribution in [0.15, 0.2) is 72.8 Å². The maximum Gasteiger partial charge on any atom is 0.261 e. The second-order valence-electron chi connectivity index (χ2n) is 7.79. The van der Waals surface area contributed by atoms with Crippen LogP contribution in [0.25, 0.3) is 0 Å². The Hall–Kier alpha value is -1.64. The third kappa shape index (κ3) is 4.50. The van der Waals surface area contributed by atoms with Crippen LogP contribution >= 0.6 is 0 Å². The van der Waals surface area contributed by atoms with E-state index in [-0.39, 0.29) is 5.04 Å². The van der Waals surface area contributed by atoms with Crippen LogP contribution in [0.3, 0.4) is 0 Å². The van der Waals surface area contributed by atoms with Gasteiger partial charge in [0.15, 0.2) is 0 Å². The lowest BCUT2D eigenvalue weighted by Gasteiger charge is -2.42. The SMILES string of the molecule is CC[C@@H](C)/C=C/CO[Si](c1ccccc1)(c1ccccc1)C(C)(C)C. The van der Waals surface area contributed by atoms with E-state index in [2.05, 4.69) is 107 Å². The Morgan fingerprint density at radius 1 is 0.920 bits per heavy atom. The van der Waals surface area contributed by atoms with Crippen molar-refractivity contribution in [2.75, 3.05) is 6.61 Å². The van der Waals surface area contributed by atoms with Crippen molar-refractivity contribution in [2.45, 2.75) is 46.1 Å². The van der Waals surface area contributed by atoms with Crippen molar-refractivity contribution >= 4 is 18.7 Å². The van der Waals surface area contributed by atoms with E-state index in [9.17, 15) is 0 Å². The number of hydrogen-bond acceptors (Lipinski definition) is 1. The molecule has 2 aromatic rings. The second-order valence-corrected chi connectivity index (χ2v) is 12.1. The van der Waals surface area contributed by atoms with Crippen molar-refractivity contribution in [3.05, 3.63) is 72.8 Å². The number of allylic oxidation sites excluding steroid dienone is 1. The van der Waals surface area contributed by atoms with Gasteiger partial charge in [-0.2, -0.15) is 0 Å².